The van der Waals surface area contributed by atoms with Crippen molar-refractivity contribution < 1.29 is 19.4 Å². The molecule has 1 heterocycles. The lowest BCUT2D eigenvalue weighted by molar-refractivity contribution is -0.166. The Balaban J connectivity index is 2.61. The van der Waals surface area contributed by atoms with Crippen molar-refractivity contribution in [1.29, 1.82) is 0 Å². The highest BCUT2D eigenvalue weighted by Gasteiger charge is 2.36. The summed E-state index contributed by atoms with van der Waals surface area (Å²) in [5.74, 6) is -1.02. The second-order valence-corrected chi connectivity index (χ2v) is 3.56. The van der Waals surface area contributed by atoms with Crippen molar-refractivity contribution in [2.24, 2.45) is 0 Å². The number of carbonyl (C=O) groups is 2. The highest BCUT2D eigenvalue weighted by atomic mass is 16.5. The number of morpholine rings is 1. The van der Waals surface area contributed by atoms with Gasteiger partial charge in [-0.25, -0.2) is 0 Å². The Morgan fingerprint density at radius 2 is 2.38 bits per heavy atom. The predicted molar refractivity (Wildman–Crippen MR) is 44.2 cm³/mol. The molecule has 0 spiro atoms. The van der Waals surface area contributed by atoms with Crippen molar-refractivity contribution >= 4 is 11.9 Å². The van der Waals surface area contributed by atoms with Crippen LogP contribution in [0.2, 0.25) is 0 Å². The van der Waals surface area contributed by atoms with Crippen molar-refractivity contribution in [1.82, 2.24) is 4.90 Å². The number of nitrogens with zero attached hydrogens (tertiary/aromatic N) is 1. The molecule has 5 heteroatoms. The summed E-state index contributed by atoms with van der Waals surface area (Å²) in [6, 6.07) is 0. The van der Waals surface area contributed by atoms with Crippen LogP contribution in [-0.4, -0.2) is 47.7 Å². The predicted octanol–water partition coefficient (Wildman–Crippen LogP) is -0.292. The normalized spacial score (nSPS) is 29.1. The molecule has 0 aliphatic carbocycles. The fourth-order valence-electron chi connectivity index (χ4n) is 1.41. The van der Waals surface area contributed by atoms with Crippen molar-refractivity contribution in [3.05, 3.63) is 0 Å². The van der Waals surface area contributed by atoms with Gasteiger partial charge in [-0.3, -0.25) is 9.59 Å². The van der Waals surface area contributed by atoms with Crippen molar-refractivity contribution in [2.45, 2.75) is 18.9 Å². The second kappa shape index (κ2) is 3.33. The maximum absolute atomic E-state index is 11.0. The Morgan fingerprint density at radius 3 is 2.85 bits per heavy atom. The molecule has 1 atom stereocenters. The van der Waals surface area contributed by atoms with E-state index in [1.807, 2.05) is 0 Å². The molecule has 1 fully saturated rings. The van der Waals surface area contributed by atoms with Crippen LogP contribution in [0, 0.1) is 0 Å². The fraction of sp³-hybridized carbons (Fsp3) is 0.750. The summed E-state index contributed by atoms with van der Waals surface area (Å²) in [5.41, 5.74) is -0.742. The highest BCUT2D eigenvalue weighted by molar-refractivity contribution is 5.78. The van der Waals surface area contributed by atoms with Crippen LogP contribution < -0.4 is 0 Å². The first-order valence-electron chi connectivity index (χ1n) is 4.03. The van der Waals surface area contributed by atoms with Gasteiger partial charge in [-0.05, 0) is 6.92 Å². The van der Waals surface area contributed by atoms with Gasteiger partial charge in [-0.2, -0.15) is 0 Å². The van der Waals surface area contributed by atoms with Gasteiger partial charge in [0.1, 0.15) is 6.61 Å². The Morgan fingerprint density at radius 1 is 1.77 bits per heavy atom. The number of carboxylic acids is 1. The van der Waals surface area contributed by atoms with Crippen LogP contribution in [0.3, 0.4) is 0 Å². The Kier molecular flexibility index (Phi) is 2.56. The molecule has 1 rings (SSSR count). The van der Waals surface area contributed by atoms with E-state index in [-0.39, 0.29) is 18.9 Å². The number of likely N-dealkylation sites (N-methyl/N-ethyl adjacent to an activating group) is 1. The van der Waals surface area contributed by atoms with Crippen LogP contribution in [-0.2, 0) is 14.3 Å². The molecule has 0 aromatic carbocycles. The number of carbonyl (C=O) groups excluding carboxylic acids is 1. The standard InChI is InChI=1S/C8H13NO4/c1-8(3-7(11)12)5-9(2)6(10)4-13-8/h3-5H2,1-2H3,(H,11,12). The van der Waals surface area contributed by atoms with Crippen LogP contribution >= 0.6 is 0 Å². The van der Waals surface area contributed by atoms with E-state index < -0.39 is 11.6 Å². The molecule has 0 saturated carbocycles. The zero-order chi connectivity index (χ0) is 10.1. The monoisotopic (exact) mass is 187 g/mol. The molecule has 0 aromatic heterocycles. The molecular weight excluding hydrogens is 174 g/mol. The van der Waals surface area contributed by atoms with Gasteiger partial charge in [-0.1, -0.05) is 0 Å². The summed E-state index contributed by atoms with van der Waals surface area (Å²) < 4.78 is 5.19. The summed E-state index contributed by atoms with van der Waals surface area (Å²) in [6.07, 6.45) is -0.0788. The zero-order valence-electron chi connectivity index (χ0n) is 7.74. The number of rotatable bonds is 2. The van der Waals surface area contributed by atoms with Gasteiger partial charge in [0.05, 0.1) is 12.0 Å². The van der Waals surface area contributed by atoms with Gasteiger partial charge in [-0.15, -0.1) is 0 Å². The lowest BCUT2D eigenvalue weighted by atomic mass is 10.0. The van der Waals surface area contributed by atoms with E-state index in [0.29, 0.717) is 6.54 Å². The number of amides is 1. The van der Waals surface area contributed by atoms with E-state index in [9.17, 15) is 9.59 Å². The summed E-state index contributed by atoms with van der Waals surface area (Å²) in [5, 5.41) is 8.60. The van der Waals surface area contributed by atoms with E-state index in [2.05, 4.69) is 0 Å². The maximum atomic E-state index is 11.0. The number of hydrogen-bond acceptors (Lipinski definition) is 3. The lowest BCUT2D eigenvalue weighted by Gasteiger charge is -2.37. The zero-order valence-corrected chi connectivity index (χ0v) is 7.74. The smallest absolute Gasteiger partial charge is 0.306 e. The summed E-state index contributed by atoms with van der Waals surface area (Å²) in [4.78, 5) is 23.0. The lowest BCUT2D eigenvalue weighted by Crippen LogP contribution is -2.52. The molecule has 1 N–H and O–H groups in total. The second-order valence-electron chi connectivity index (χ2n) is 3.56. The Hall–Kier alpha value is -1.10. The molecule has 1 aliphatic rings. The molecular formula is C8H13NO4. The van der Waals surface area contributed by atoms with Gasteiger partial charge < -0.3 is 14.7 Å². The quantitative estimate of drug-likeness (QED) is 0.645. The third kappa shape index (κ3) is 2.42. The van der Waals surface area contributed by atoms with E-state index >= 15 is 0 Å². The van der Waals surface area contributed by atoms with E-state index in [0.717, 1.165) is 0 Å². The van der Waals surface area contributed by atoms with Gasteiger partial charge in [0.15, 0.2) is 0 Å². The Labute approximate surface area is 76.3 Å². The van der Waals surface area contributed by atoms with Gasteiger partial charge in [0.2, 0.25) is 5.91 Å². The molecule has 1 saturated heterocycles. The molecule has 13 heavy (non-hydrogen) atoms. The Bertz CT molecular complexity index is 240. The van der Waals surface area contributed by atoms with Crippen molar-refractivity contribution in [3.63, 3.8) is 0 Å². The topological polar surface area (TPSA) is 66.8 Å². The average Bonchev–Trinajstić information content (AvgIpc) is 1.96. The van der Waals surface area contributed by atoms with Crippen molar-refractivity contribution in [2.75, 3.05) is 20.2 Å². The van der Waals surface area contributed by atoms with Crippen LogP contribution in [0.25, 0.3) is 0 Å². The molecule has 1 aliphatic heterocycles. The van der Waals surface area contributed by atoms with Crippen LogP contribution in [0.1, 0.15) is 13.3 Å². The first-order valence-corrected chi connectivity index (χ1v) is 4.03. The number of hydrogen-bond donors (Lipinski definition) is 1. The van der Waals surface area contributed by atoms with Gasteiger partial charge >= 0.3 is 5.97 Å². The van der Waals surface area contributed by atoms with E-state index in [1.54, 1.807) is 14.0 Å². The SMILES string of the molecule is CN1CC(C)(CC(=O)O)OCC1=O. The van der Waals surface area contributed by atoms with Crippen molar-refractivity contribution in [3.8, 4) is 0 Å². The minimum Gasteiger partial charge on any atom is -0.481 e. The fourth-order valence-corrected chi connectivity index (χ4v) is 1.41. The molecule has 1 amide bonds. The number of aliphatic carboxylic acids is 1. The minimum atomic E-state index is -0.912. The summed E-state index contributed by atoms with van der Waals surface area (Å²) in [7, 11) is 1.64. The maximum Gasteiger partial charge on any atom is 0.306 e. The number of carboxylic acid groups (broad SMARTS) is 1. The first-order chi connectivity index (χ1) is 5.93. The highest BCUT2D eigenvalue weighted by Crippen LogP contribution is 2.20. The van der Waals surface area contributed by atoms with Gasteiger partial charge in [0.25, 0.3) is 0 Å². The molecule has 74 valence electrons. The first kappa shape index (κ1) is 9.98. The third-order valence-electron chi connectivity index (χ3n) is 2.07. The van der Waals surface area contributed by atoms with Crippen LogP contribution in [0.15, 0.2) is 0 Å². The largest absolute Gasteiger partial charge is 0.481 e. The van der Waals surface area contributed by atoms with E-state index in [1.165, 1.54) is 4.90 Å². The molecule has 0 aromatic rings. The third-order valence-corrected chi connectivity index (χ3v) is 2.07. The van der Waals surface area contributed by atoms with Crippen LogP contribution in [0.4, 0.5) is 0 Å². The minimum absolute atomic E-state index is 0.0275. The summed E-state index contributed by atoms with van der Waals surface area (Å²) in [6.45, 7) is 2.00. The number of ether oxygens (including phenoxy) is 1. The molecule has 0 radical (unpaired) electrons. The summed E-state index contributed by atoms with van der Waals surface area (Å²) >= 11 is 0. The van der Waals surface area contributed by atoms with Crippen LogP contribution in [0.5, 0.6) is 0 Å². The van der Waals surface area contributed by atoms with Gasteiger partial charge in [0, 0.05) is 13.6 Å². The molecule has 1 unspecified atom stereocenters. The molecule has 5 nitrogen and oxygen atoms in total. The van der Waals surface area contributed by atoms with E-state index in [4.69, 9.17) is 9.84 Å². The average molecular weight is 187 g/mol. The molecule has 0 bridgehead atoms.